The van der Waals surface area contributed by atoms with Gasteiger partial charge in [-0.3, -0.25) is 4.79 Å². The van der Waals surface area contributed by atoms with Gasteiger partial charge in [-0.25, -0.2) is 4.79 Å². The van der Waals surface area contributed by atoms with E-state index in [0.29, 0.717) is 19.5 Å². The van der Waals surface area contributed by atoms with Crippen molar-refractivity contribution in [2.24, 2.45) is 17.3 Å². The lowest BCUT2D eigenvalue weighted by Crippen LogP contribution is -2.48. The Morgan fingerprint density at radius 3 is 2.57 bits per heavy atom. The van der Waals surface area contributed by atoms with Crippen molar-refractivity contribution < 1.29 is 19.8 Å². The summed E-state index contributed by atoms with van der Waals surface area (Å²) in [5.41, 5.74) is -0.0963. The first-order chi connectivity index (χ1) is 9.73. The molecule has 2 amide bonds. The van der Waals surface area contributed by atoms with E-state index in [9.17, 15) is 19.8 Å². The number of carboxylic acid groups (broad SMARTS) is 1. The Balaban J connectivity index is 2.47. The van der Waals surface area contributed by atoms with Crippen molar-refractivity contribution in [2.45, 2.75) is 40.0 Å². The maximum Gasteiger partial charge on any atom is 0.317 e. The van der Waals surface area contributed by atoms with Crippen LogP contribution >= 0.6 is 0 Å². The summed E-state index contributed by atoms with van der Waals surface area (Å²) >= 11 is 0. The number of aliphatic hydroxyl groups excluding tert-OH is 1. The maximum absolute atomic E-state index is 12.1. The molecule has 6 nitrogen and oxygen atoms in total. The van der Waals surface area contributed by atoms with Crippen LogP contribution in [-0.4, -0.2) is 53.4 Å². The summed E-state index contributed by atoms with van der Waals surface area (Å²) in [7, 11) is 0. The summed E-state index contributed by atoms with van der Waals surface area (Å²) in [4.78, 5) is 25.0. The number of rotatable bonds is 5. The highest BCUT2D eigenvalue weighted by Gasteiger charge is 2.27. The lowest BCUT2D eigenvalue weighted by atomic mass is 9.84. The van der Waals surface area contributed by atoms with Crippen molar-refractivity contribution in [3.05, 3.63) is 0 Å². The summed E-state index contributed by atoms with van der Waals surface area (Å²) in [6.45, 7) is 7.40. The summed E-state index contributed by atoms with van der Waals surface area (Å²) in [6.07, 6.45) is 2.33. The van der Waals surface area contributed by atoms with E-state index in [-0.39, 0.29) is 30.5 Å². The first-order valence-corrected chi connectivity index (χ1v) is 7.59. The first kappa shape index (κ1) is 17.8. The molecule has 0 radical (unpaired) electrons. The van der Waals surface area contributed by atoms with E-state index in [1.807, 2.05) is 20.8 Å². The molecule has 0 aliphatic carbocycles. The van der Waals surface area contributed by atoms with Crippen molar-refractivity contribution in [1.29, 1.82) is 0 Å². The molecular weight excluding hydrogens is 272 g/mol. The molecule has 0 aromatic heterocycles. The number of aliphatic carboxylic acids is 1. The van der Waals surface area contributed by atoms with Crippen LogP contribution in [0, 0.1) is 17.3 Å². The van der Waals surface area contributed by atoms with Crippen molar-refractivity contribution >= 4 is 12.0 Å². The molecule has 6 heteroatoms. The van der Waals surface area contributed by atoms with Gasteiger partial charge in [0.2, 0.25) is 0 Å². The number of nitrogens with one attached hydrogen (secondary N) is 1. The van der Waals surface area contributed by atoms with E-state index in [1.54, 1.807) is 4.90 Å². The van der Waals surface area contributed by atoms with Gasteiger partial charge in [-0.15, -0.1) is 0 Å². The van der Waals surface area contributed by atoms with Crippen molar-refractivity contribution in [2.75, 3.05) is 26.2 Å². The standard InChI is InChI=1S/C15H28N2O4/c1-15(2,3)7-12(13(19)20)8-16-14(21)17-6-4-5-11(9-17)10-18/h11-12,18H,4-10H2,1-3H3,(H,16,21)(H,19,20). The predicted molar refractivity (Wildman–Crippen MR) is 80.0 cm³/mol. The van der Waals surface area contributed by atoms with E-state index < -0.39 is 11.9 Å². The minimum absolute atomic E-state index is 0.0888. The number of carbonyl (C=O) groups is 2. The summed E-state index contributed by atoms with van der Waals surface area (Å²) in [5, 5.41) is 21.1. The van der Waals surface area contributed by atoms with Crippen LogP contribution in [0.2, 0.25) is 0 Å². The van der Waals surface area contributed by atoms with Crippen molar-refractivity contribution in [3.8, 4) is 0 Å². The Morgan fingerprint density at radius 2 is 2.05 bits per heavy atom. The molecule has 0 aromatic rings. The summed E-state index contributed by atoms with van der Waals surface area (Å²) in [6, 6.07) is -0.228. The normalized spacial score (nSPS) is 21.0. The second-order valence-corrected chi connectivity index (χ2v) is 7.12. The van der Waals surface area contributed by atoms with Gasteiger partial charge < -0.3 is 20.4 Å². The molecule has 0 spiro atoms. The first-order valence-electron chi connectivity index (χ1n) is 7.59. The number of piperidine rings is 1. The molecule has 122 valence electrons. The molecule has 1 fully saturated rings. The van der Waals surface area contributed by atoms with Crippen LogP contribution in [-0.2, 0) is 4.79 Å². The van der Waals surface area contributed by atoms with Gasteiger partial charge >= 0.3 is 12.0 Å². The van der Waals surface area contributed by atoms with Crippen LogP contribution in [0.1, 0.15) is 40.0 Å². The molecule has 1 heterocycles. The van der Waals surface area contributed by atoms with Crippen LogP contribution < -0.4 is 5.32 Å². The zero-order valence-corrected chi connectivity index (χ0v) is 13.3. The van der Waals surface area contributed by atoms with Crippen LogP contribution in [0.15, 0.2) is 0 Å². The minimum atomic E-state index is -0.878. The average Bonchev–Trinajstić information content (AvgIpc) is 2.41. The molecule has 2 atom stereocenters. The molecule has 0 aromatic carbocycles. The molecule has 2 unspecified atom stereocenters. The number of amides is 2. The Morgan fingerprint density at radius 1 is 1.38 bits per heavy atom. The fourth-order valence-corrected chi connectivity index (χ4v) is 2.71. The fourth-order valence-electron chi connectivity index (χ4n) is 2.71. The van der Waals surface area contributed by atoms with Gasteiger partial charge in [0.05, 0.1) is 5.92 Å². The SMILES string of the molecule is CC(C)(C)CC(CNC(=O)N1CCCC(CO)C1)C(=O)O. The Bertz CT molecular complexity index is 365. The van der Waals surface area contributed by atoms with E-state index >= 15 is 0 Å². The summed E-state index contributed by atoms with van der Waals surface area (Å²) in [5.74, 6) is -1.32. The number of nitrogens with zero attached hydrogens (tertiary/aromatic N) is 1. The number of carbonyl (C=O) groups excluding carboxylic acids is 1. The van der Waals surface area contributed by atoms with Gasteiger partial charge in [0.15, 0.2) is 0 Å². The van der Waals surface area contributed by atoms with Crippen LogP contribution in [0.5, 0.6) is 0 Å². The smallest absolute Gasteiger partial charge is 0.317 e. The lowest BCUT2D eigenvalue weighted by Gasteiger charge is -2.32. The van der Waals surface area contributed by atoms with E-state index in [1.165, 1.54) is 0 Å². The highest BCUT2D eigenvalue weighted by atomic mass is 16.4. The highest BCUT2D eigenvalue weighted by molar-refractivity contribution is 5.76. The average molecular weight is 300 g/mol. The quantitative estimate of drug-likeness (QED) is 0.718. The Labute approximate surface area is 126 Å². The number of urea groups is 1. The molecule has 1 aliphatic rings. The third-order valence-corrected chi connectivity index (χ3v) is 3.77. The van der Waals surface area contributed by atoms with Gasteiger partial charge in [-0.2, -0.15) is 0 Å². The van der Waals surface area contributed by atoms with Crippen LogP contribution in [0.4, 0.5) is 4.79 Å². The fraction of sp³-hybridized carbons (Fsp3) is 0.867. The van der Waals surface area contributed by atoms with Gasteiger partial charge in [0.1, 0.15) is 0 Å². The minimum Gasteiger partial charge on any atom is -0.481 e. The van der Waals surface area contributed by atoms with Crippen molar-refractivity contribution in [3.63, 3.8) is 0 Å². The second-order valence-electron chi connectivity index (χ2n) is 7.12. The van der Waals surface area contributed by atoms with E-state index in [4.69, 9.17) is 0 Å². The maximum atomic E-state index is 12.1. The molecule has 3 N–H and O–H groups in total. The zero-order chi connectivity index (χ0) is 16.0. The van der Waals surface area contributed by atoms with Gasteiger partial charge in [0, 0.05) is 26.2 Å². The Hall–Kier alpha value is -1.30. The van der Waals surface area contributed by atoms with Crippen molar-refractivity contribution in [1.82, 2.24) is 10.2 Å². The van der Waals surface area contributed by atoms with Gasteiger partial charge in [-0.1, -0.05) is 20.8 Å². The zero-order valence-electron chi connectivity index (χ0n) is 13.3. The van der Waals surface area contributed by atoms with Crippen LogP contribution in [0.25, 0.3) is 0 Å². The van der Waals surface area contributed by atoms with Crippen LogP contribution in [0.3, 0.4) is 0 Å². The molecule has 0 saturated carbocycles. The van der Waals surface area contributed by atoms with E-state index in [2.05, 4.69) is 5.32 Å². The molecular formula is C15H28N2O4. The number of likely N-dealkylation sites (tertiary alicyclic amines) is 1. The highest BCUT2D eigenvalue weighted by Crippen LogP contribution is 2.24. The molecule has 1 aliphatic heterocycles. The second kappa shape index (κ2) is 7.64. The third kappa shape index (κ3) is 6.33. The number of hydrogen-bond donors (Lipinski definition) is 3. The predicted octanol–water partition coefficient (Wildman–Crippen LogP) is 1.54. The Kier molecular flexibility index (Phi) is 6.45. The molecule has 0 bridgehead atoms. The number of aliphatic hydroxyl groups is 1. The third-order valence-electron chi connectivity index (χ3n) is 3.77. The number of carboxylic acids is 1. The lowest BCUT2D eigenvalue weighted by molar-refractivity contribution is -0.142. The van der Waals surface area contributed by atoms with E-state index in [0.717, 1.165) is 12.8 Å². The molecule has 1 saturated heterocycles. The van der Waals surface area contributed by atoms with Gasteiger partial charge in [-0.05, 0) is 30.6 Å². The monoisotopic (exact) mass is 300 g/mol. The molecule has 21 heavy (non-hydrogen) atoms. The largest absolute Gasteiger partial charge is 0.481 e. The molecule has 1 rings (SSSR count). The topological polar surface area (TPSA) is 89.9 Å². The summed E-state index contributed by atoms with van der Waals surface area (Å²) < 4.78 is 0. The number of hydrogen-bond acceptors (Lipinski definition) is 3. The van der Waals surface area contributed by atoms with Gasteiger partial charge in [0.25, 0.3) is 0 Å².